The third kappa shape index (κ3) is 2.30. The fourth-order valence-electron chi connectivity index (χ4n) is 0.905. The molecule has 0 saturated carbocycles. The molecule has 0 heterocycles. The third-order valence-corrected chi connectivity index (χ3v) is 1.63. The second kappa shape index (κ2) is 4.73. The minimum Gasteiger partial charge on any atom is -0.298 e. The van der Waals surface area contributed by atoms with Gasteiger partial charge < -0.3 is 0 Å². The fraction of sp³-hybridized carbons (Fsp3) is 0.100. The highest BCUT2D eigenvalue weighted by molar-refractivity contribution is 6.19. The lowest BCUT2D eigenvalue weighted by molar-refractivity contribution is 0.111. The van der Waals surface area contributed by atoms with E-state index in [1.807, 2.05) is 0 Å². The summed E-state index contributed by atoms with van der Waals surface area (Å²) in [5.41, 5.74) is -0.423. The normalized spacial score (nSPS) is 9.07. The molecule has 0 aromatic heterocycles. The number of hydrogen-bond acceptors (Lipinski definition) is 1. The van der Waals surface area contributed by atoms with Crippen LogP contribution in [0, 0.1) is 23.5 Å². The molecule has 1 rings (SSSR count). The number of carbonyl (C=O) groups is 1. The van der Waals surface area contributed by atoms with E-state index in [0.29, 0.717) is 0 Å². The largest absolute Gasteiger partial charge is 0.298 e. The van der Waals surface area contributed by atoms with Crippen molar-refractivity contribution in [3.63, 3.8) is 0 Å². The van der Waals surface area contributed by atoms with E-state index >= 15 is 0 Å². The van der Waals surface area contributed by atoms with Crippen molar-refractivity contribution >= 4 is 17.9 Å². The van der Waals surface area contributed by atoms with Crippen LogP contribution in [0.1, 0.15) is 15.9 Å². The molecule has 0 atom stereocenters. The first-order valence-electron chi connectivity index (χ1n) is 3.68. The molecule has 0 saturated heterocycles. The lowest BCUT2D eigenvalue weighted by atomic mass is 10.1. The summed E-state index contributed by atoms with van der Waals surface area (Å²) in [6, 6.07) is 1.98. The van der Waals surface area contributed by atoms with Gasteiger partial charge in [-0.3, -0.25) is 4.79 Å². The molecule has 1 aromatic rings. The van der Waals surface area contributed by atoms with E-state index in [2.05, 4.69) is 11.8 Å². The highest BCUT2D eigenvalue weighted by Gasteiger charge is 2.08. The summed E-state index contributed by atoms with van der Waals surface area (Å²) in [5.74, 6) is 3.15. The second-order valence-electron chi connectivity index (χ2n) is 2.41. The van der Waals surface area contributed by atoms with Crippen LogP contribution in [0.25, 0.3) is 0 Å². The number of benzene rings is 1. The van der Waals surface area contributed by atoms with Gasteiger partial charge in [0.1, 0.15) is 11.6 Å². The van der Waals surface area contributed by atoms with Gasteiger partial charge in [0.25, 0.3) is 0 Å². The van der Waals surface area contributed by atoms with Crippen molar-refractivity contribution in [2.24, 2.45) is 0 Å². The molecular formula is C10H5ClF2O. The summed E-state index contributed by atoms with van der Waals surface area (Å²) >= 11 is 5.27. The van der Waals surface area contributed by atoms with Crippen molar-refractivity contribution in [3.05, 3.63) is 34.9 Å². The summed E-state index contributed by atoms with van der Waals surface area (Å²) in [6.45, 7) is 0. The zero-order chi connectivity index (χ0) is 10.6. The van der Waals surface area contributed by atoms with Crippen LogP contribution in [0.2, 0.25) is 0 Å². The van der Waals surface area contributed by atoms with Gasteiger partial charge in [0.15, 0.2) is 6.29 Å². The van der Waals surface area contributed by atoms with Gasteiger partial charge in [-0.15, -0.1) is 11.6 Å². The number of alkyl halides is 1. The molecule has 72 valence electrons. The monoisotopic (exact) mass is 214 g/mol. The van der Waals surface area contributed by atoms with Gasteiger partial charge in [-0.25, -0.2) is 8.78 Å². The fourth-order valence-corrected chi connectivity index (χ4v) is 0.971. The molecule has 0 aliphatic heterocycles. The third-order valence-electron chi connectivity index (χ3n) is 1.50. The van der Waals surface area contributed by atoms with E-state index in [9.17, 15) is 13.6 Å². The molecular weight excluding hydrogens is 210 g/mol. The van der Waals surface area contributed by atoms with E-state index in [-0.39, 0.29) is 17.7 Å². The molecule has 0 bridgehead atoms. The summed E-state index contributed by atoms with van der Waals surface area (Å²) in [6.07, 6.45) is 0.128. The molecule has 4 heteroatoms. The number of carbonyl (C=O) groups excluding carboxylic acids is 1. The molecule has 0 radical (unpaired) electrons. The Morgan fingerprint density at radius 1 is 1.36 bits per heavy atom. The average Bonchev–Trinajstić information content (AvgIpc) is 2.14. The number of halogens is 3. The van der Waals surface area contributed by atoms with Crippen LogP contribution in [-0.4, -0.2) is 12.2 Å². The summed E-state index contributed by atoms with van der Waals surface area (Å²) in [4.78, 5) is 10.2. The Balaban J connectivity index is 3.20. The van der Waals surface area contributed by atoms with Crippen molar-refractivity contribution in [3.8, 4) is 11.8 Å². The van der Waals surface area contributed by atoms with Crippen LogP contribution in [0.4, 0.5) is 8.78 Å². The molecule has 0 amide bonds. The van der Waals surface area contributed by atoms with Gasteiger partial charge in [-0.2, -0.15) is 0 Å². The Bertz CT molecular complexity index is 395. The van der Waals surface area contributed by atoms with Gasteiger partial charge in [0, 0.05) is 5.56 Å². The highest BCUT2D eigenvalue weighted by atomic mass is 35.5. The van der Waals surface area contributed by atoms with E-state index in [1.165, 1.54) is 0 Å². The van der Waals surface area contributed by atoms with Gasteiger partial charge in [0.2, 0.25) is 0 Å². The summed E-state index contributed by atoms with van der Waals surface area (Å²) in [7, 11) is 0. The summed E-state index contributed by atoms with van der Waals surface area (Å²) in [5, 5.41) is 0. The Morgan fingerprint density at radius 2 is 1.93 bits per heavy atom. The van der Waals surface area contributed by atoms with Crippen LogP contribution in [-0.2, 0) is 0 Å². The van der Waals surface area contributed by atoms with Crippen molar-refractivity contribution < 1.29 is 13.6 Å². The van der Waals surface area contributed by atoms with Gasteiger partial charge in [0.05, 0.1) is 11.4 Å². The minimum absolute atomic E-state index is 0.0820. The number of rotatable bonds is 1. The van der Waals surface area contributed by atoms with Crippen LogP contribution in [0.3, 0.4) is 0 Å². The maximum Gasteiger partial charge on any atom is 0.155 e. The Morgan fingerprint density at radius 3 is 2.36 bits per heavy atom. The lowest BCUT2D eigenvalue weighted by Gasteiger charge is -1.97. The first-order valence-corrected chi connectivity index (χ1v) is 4.21. The smallest absolute Gasteiger partial charge is 0.155 e. The maximum atomic E-state index is 13.0. The zero-order valence-corrected chi connectivity index (χ0v) is 7.74. The van der Waals surface area contributed by atoms with Crippen LogP contribution in [0.5, 0.6) is 0 Å². The molecule has 0 N–H and O–H groups in total. The molecule has 1 aromatic carbocycles. The van der Waals surface area contributed by atoms with Crippen molar-refractivity contribution in [2.75, 3.05) is 5.88 Å². The molecule has 0 fully saturated rings. The van der Waals surface area contributed by atoms with E-state index in [4.69, 9.17) is 11.6 Å². The number of aldehydes is 1. The van der Waals surface area contributed by atoms with Crippen LogP contribution < -0.4 is 0 Å². The van der Waals surface area contributed by atoms with E-state index in [1.54, 1.807) is 0 Å². The zero-order valence-electron chi connectivity index (χ0n) is 6.98. The average molecular weight is 215 g/mol. The second-order valence-corrected chi connectivity index (χ2v) is 2.67. The first-order chi connectivity index (χ1) is 6.69. The highest BCUT2D eigenvalue weighted by Crippen LogP contribution is 2.12. The molecule has 14 heavy (non-hydrogen) atoms. The number of hydrogen-bond donors (Lipinski definition) is 0. The summed E-state index contributed by atoms with van der Waals surface area (Å²) < 4.78 is 25.9. The maximum absolute atomic E-state index is 13.0. The Kier molecular flexibility index (Phi) is 3.61. The Hall–Kier alpha value is -1.40. The van der Waals surface area contributed by atoms with Crippen molar-refractivity contribution in [1.82, 2.24) is 0 Å². The topological polar surface area (TPSA) is 17.1 Å². The van der Waals surface area contributed by atoms with Crippen molar-refractivity contribution in [2.45, 2.75) is 0 Å². The predicted octanol–water partition coefficient (Wildman–Crippen LogP) is 2.37. The molecule has 0 spiro atoms. The van der Waals surface area contributed by atoms with Crippen LogP contribution >= 0.6 is 11.6 Å². The SMILES string of the molecule is O=Cc1c(F)cc(C#CCCl)cc1F. The van der Waals surface area contributed by atoms with Gasteiger partial charge in [-0.05, 0) is 12.1 Å². The van der Waals surface area contributed by atoms with E-state index in [0.717, 1.165) is 12.1 Å². The predicted molar refractivity (Wildman–Crippen MR) is 49.3 cm³/mol. The molecule has 1 nitrogen and oxygen atoms in total. The first kappa shape index (κ1) is 10.7. The minimum atomic E-state index is -0.918. The van der Waals surface area contributed by atoms with Gasteiger partial charge in [-0.1, -0.05) is 11.8 Å². The van der Waals surface area contributed by atoms with Gasteiger partial charge >= 0.3 is 0 Å². The molecule has 0 unspecified atom stereocenters. The standard InChI is InChI=1S/C10H5ClF2O/c11-3-1-2-7-4-9(12)8(6-14)10(13)5-7/h4-6H,3H2. The van der Waals surface area contributed by atoms with Crippen molar-refractivity contribution in [1.29, 1.82) is 0 Å². The lowest BCUT2D eigenvalue weighted by Crippen LogP contribution is -1.94. The van der Waals surface area contributed by atoms with E-state index < -0.39 is 17.2 Å². The molecule has 0 aliphatic carbocycles. The van der Waals surface area contributed by atoms with Crippen LogP contribution in [0.15, 0.2) is 12.1 Å². The Labute approximate surface area is 84.7 Å². The molecule has 0 aliphatic rings. The quantitative estimate of drug-likeness (QED) is 0.399.